The van der Waals surface area contributed by atoms with E-state index in [0.29, 0.717) is 12.0 Å². The van der Waals surface area contributed by atoms with E-state index in [1.54, 1.807) is 0 Å². The molecule has 1 aromatic carbocycles. The van der Waals surface area contributed by atoms with E-state index in [1.807, 2.05) is 7.11 Å². The molecule has 94 valence electrons. The van der Waals surface area contributed by atoms with E-state index in [4.69, 9.17) is 4.74 Å². The fourth-order valence-electron chi connectivity index (χ4n) is 2.40. The summed E-state index contributed by atoms with van der Waals surface area (Å²) < 4.78 is 5.39. The normalized spacial score (nSPS) is 21.3. The van der Waals surface area contributed by atoms with Crippen molar-refractivity contribution in [3.8, 4) is 0 Å². The highest BCUT2D eigenvalue weighted by Gasteiger charge is 2.21. The zero-order chi connectivity index (χ0) is 12.3. The van der Waals surface area contributed by atoms with Gasteiger partial charge in [-0.2, -0.15) is 0 Å². The molecule has 0 radical (unpaired) electrons. The second-order valence-electron chi connectivity index (χ2n) is 5.28. The lowest BCUT2D eigenvalue weighted by atomic mass is 10.0. The minimum Gasteiger partial charge on any atom is -0.380 e. The van der Waals surface area contributed by atoms with Gasteiger partial charge < -0.3 is 4.74 Å². The number of ether oxygens (including phenoxy) is 1. The Hall–Kier alpha value is -0.860. The fraction of sp³-hybridized carbons (Fsp3) is 0.600. The van der Waals surface area contributed by atoms with Crippen LogP contribution in [-0.2, 0) is 11.3 Å². The van der Waals surface area contributed by atoms with Crippen LogP contribution in [0, 0.1) is 0 Å². The molecule has 0 aromatic heterocycles. The molecular formula is C15H23NO. The maximum Gasteiger partial charge on any atom is 0.0710 e. The van der Waals surface area contributed by atoms with E-state index >= 15 is 0 Å². The SMILES string of the molecule is COC1CCN(Cc2ccc(C(C)C)cc2)C1. The summed E-state index contributed by atoms with van der Waals surface area (Å²) in [5, 5.41) is 0. The Bertz CT molecular complexity index is 344. The highest BCUT2D eigenvalue weighted by molar-refractivity contribution is 5.24. The maximum absolute atomic E-state index is 5.39. The molecule has 1 aliphatic heterocycles. The smallest absolute Gasteiger partial charge is 0.0710 e. The van der Waals surface area contributed by atoms with Crippen molar-refractivity contribution < 1.29 is 4.74 Å². The van der Waals surface area contributed by atoms with Crippen molar-refractivity contribution in [3.05, 3.63) is 35.4 Å². The Morgan fingerprint density at radius 3 is 2.53 bits per heavy atom. The van der Waals surface area contributed by atoms with Crippen molar-refractivity contribution in [3.63, 3.8) is 0 Å². The molecule has 1 atom stereocenters. The van der Waals surface area contributed by atoms with Gasteiger partial charge in [0.05, 0.1) is 6.10 Å². The number of hydrogen-bond acceptors (Lipinski definition) is 2. The van der Waals surface area contributed by atoms with Gasteiger partial charge in [-0.15, -0.1) is 0 Å². The first-order chi connectivity index (χ1) is 8.19. The molecule has 0 bridgehead atoms. The van der Waals surface area contributed by atoms with Crippen LogP contribution in [0.4, 0.5) is 0 Å². The second kappa shape index (κ2) is 5.65. The highest BCUT2D eigenvalue weighted by Crippen LogP contribution is 2.18. The van der Waals surface area contributed by atoms with Gasteiger partial charge in [-0.1, -0.05) is 38.1 Å². The van der Waals surface area contributed by atoms with Crippen LogP contribution >= 0.6 is 0 Å². The van der Waals surface area contributed by atoms with Gasteiger partial charge >= 0.3 is 0 Å². The molecule has 1 fully saturated rings. The van der Waals surface area contributed by atoms with E-state index in [9.17, 15) is 0 Å². The second-order valence-corrected chi connectivity index (χ2v) is 5.28. The lowest BCUT2D eigenvalue weighted by molar-refractivity contribution is 0.107. The zero-order valence-electron chi connectivity index (χ0n) is 11.1. The van der Waals surface area contributed by atoms with E-state index in [-0.39, 0.29) is 0 Å². The Labute approximate surface area is 105 Å². The van der Waals surface area contributed by atoms with Crippen LogP contribution < -0.4 is 0 Å². The van der Waals surface area contributed by atoms with Gasteiger partial charge in [-0.05, 0) is 23.5 Å². The minimum atomic E-state index is 0.435. The molecule has 0 aliphatic carbocycles. The highest BCUT2D eigenvalue weighted by atomic mass is 16.5. The van der Waals surface area contributed by atoms with E-state index < -0.39 is 0 Å². The van der Waals surface area contributed by atoms with Crippen molar-refractivity contribution in [2.24, 2.45) is 0 Å². The average Bonchev–Trinajstić information content (AvgIpc) is 2.77. The topological polar surface area (TPSA) is 12.5 Å². The molecular weight excluding hydrogens is 210 g/mol. The number of benzene rings is 1. The maximum atomic E-state index is 5.39. The van der Waals surface area contributed by atoms with Crippen LogP contribution in [0.1, 0.15) is 37.3 Å². The van der Waals surface area contributed by atoms with Crippen LogP contribution in [0.5, 0.6) is 0 Å². The number of methoxy groups -OCH3 is 1. The Morgan fingerprint density at radius 2 is 2.00 bits per heavy atom. The molecule has 1 unspecified atom stereocenters. The van der Waals surface area contributed by atoms with E-state index in [2.05, 4.69) is 43.0 Å². The lowest BCUT2D eigenvalue weighted by Gasteiger charge is -2.16. The third-order valence-corrected chi connectivity index (χ3v) is 3.62. The van der Waals surface area contributed by atoms with Crippen molar-refractivity contribution in [1.29, 1.82) is 0 Å². The minimum absolute atomic E-state index is 0.435. The number of hydrogen-bond donors (Lipinski definition) is 0. The standard InChI is InChI=1S/C15H23NO/c1-12(2)14-6-4-13(5-7-14)10-16-9-8-15(11-16)17-3/h4-7,12,15H,8-11H2,1-3H3. The van der Waals surface area contributed by atoms with Crippen molar-refractivity contribution in [2.45, 2.75) is 38.8 Å². The largest absolute Gasteiger partial charge is 0.380 e. The molecule has 0 N–H and O–H groups in total. The van der Waals surface area contributed by atoms with Crippen molar-refractivity contribution in [1.82, 2.24) is 4.90 Å². The monoisotopic (exact) mass is 233 g/mol. The number of nitrogens with zero attached hydrogens (tertiary/aromatic N) is 1. The van der Waals surface area contributed by atoms with Crippen LogP contribution in [0.15, 0.2) is 24.3 Å². The molecule has 2 nitrogen and oxygen atoms in total. The summed E-state index contributed by atoms with van der Waals surface area (Å²) in [5.74, 6) is 0.619. The molecule has 17 heavy (non-hydrogen) atoms. The summed E-state index contributed by atoms with van der Waals surface area (Å²) in [7, 11) is 1.81. The van der Waals surface area contributed by atoms with Gasteiger partial charge in [0.15, 0.2) is 0 Å². The van der Waals surface area contributed by atoms with Gasteiger partial charge in [0.1, 0.15) is 0 Å². The summed E-state index contributed by atoms with van der Waals surface area (Å²) >= 11 is 0. The zero-order valence-corrected chi connectivity index (χ0v) is 11.1. The lowest BCUT2D eigenvalue weighted by Crippen LogP contribution is -2.22. The molecule has 0 spiro atoms. The predicted octanol–water partition coefficient (Wildman–Crippen LogP) is 3.03. The van der Waals surface area contributed by atoms with Gasteiger partial charge in [-0.25, -0.2) is 0 Å². The summed E-state index contributed by atoms with van der Waals surface area (Å²) in [6.45, 7) is 7.75. The van der Waals surface area contributed by atoms with Crippen molar-refractivity contribution >= 4 is 0 Å². The Balaban J connectivity index is 1.91. The molecule has 2 rings (SSSR count). The Morgan fingerprint density at radius 1 is 1.29 bits per heavy atom. The van der Waals surface area contributed by atoms with Crippen LogP contribution in [-0.4, -0.2) is 31.2 Å². The molecule has 0 saturated carbocycles. The molecule has 1 aromatic rings. The summed E-state index contributed by atoms with van der Waals surface area (Å²) in [6.07, 6.45) is 1.60. The van der Waals surface area contributed by atoms with Crippen LogP contribution in [0.25, 0.3) is 0 Å². The van der Waals surface area contributed by atoms with Gasteiger partial charge in [0.2, 0.25) is 0 Å². The number of rotatable bonds is 4. The molecule has 2 heteroatoms. The van der Waals surface area contributed by atoms with E-state index in [0.717, 1.165) is 19.6 Å². The van der Waals surface area contributed by atoms with Gasteiger partial charge in [0, 0.05) is 26.7 Å². The third kappa shape index (κ3) is 3.30. The average molecular weight is 233 g/mol. The predicted molar refractivity (Wildman–Crippen MR) is 71.2 cm³/mol. The quantitative estimate of drug-likeness (QED) is 0.792. The molecule has 0 amide bonds. The fourth-order valence-corrected chi connectivity index (χ4v) is 2.40. The van der Waals surface area contributed by atoms with Crippen molar-refractivity contribution in [2.75, 3.05) is 20.2 Å². The molecule has 1 saturated heterocycles. The summed E-state index contributed by atoms with van der Waals surface area (Å²) in [6, 6.07) is 9.03. The summed E-state index contributed by atoms with van der Waals surface area (Å²) in [4.78, 5) is 2.47. The molecule has 1 heterocycles. The Kier molecular flexibility index (Phi) is 4.19. The molecule has 1 aliphatic rings. The number of likely N-dealkylation sites (tertiary alicyclic amines) is 1. The first-order valence-corrected chi connectivity index (χ1v) is 6.53. The van der Waals surface area contributed by atoms with Gasteiger partial charge in [0.25, 0.3) is 0 Å². The van der Waals surface area contributed by atoms with E-state index in [1.165, 1.54) is 17.5 Å². The van der Waals surface area contributed by atoms with Gasteiger partial charge in [-0.3, -0.25) is 4.90 Å². The van der Waals surface area contributed by atoms with Crippen LogP contribution in [0.2, 0.25) is 0 Å². The summed E-state index contributed by atoms with van der Waals surface area (Å²) in [5.41, 5.74) is 2.83. The first-order valence-electron chi connectivity index (χ1n) is 6.53. The third-order valence-electron chi connectivity index (χ3n) is 3.62. The van der Waals surface area contributed by atoms with Crippen LogP contribution in [0.3, 0.4) is 0 Å². The first kappa shape index (κ1) is 12.6.